The zero-order chi connectivity index (χ0) is 14.0. The molecule has 0 atom stereocenters. The van der Waals surface area contributed by atoms with Crippen molar-refractivity contribution in [2.24, 2.45) is 0 Å². The van der Waals surface area contributed by atoms with Gasteiger partial charge < -0.3 is 0 Å². The summed E-state index contributed by atoms with van der Waals surface area (Å²) in [6, 6.07) is 11.8. The van der Waals surface area contributed by atoms with Gasteiger partial charge in [-0.15, -0.1) is 0 Å². The molecule has 3 rings (SSSR count). The minimum Gasteiger partial charge on any atom is -0.264 e. The molecule has 6 heteroatoms. The van der Waals surface area contributed by atoms with Gasteiger partial charge in [-0.25, -0.2) is 13.4 Å². The van der Waals surface area contributed by atoms with E-state index in [0.29, 0.717) is 5.39 Å². The third-order valence-electron chi connectivity index (χ3n) is 2.85. The third kappa shape index (κ3) is 2.33. The van der Waals surface area contributed by atoms with E-state index in [1.54, 1.807) is 48.9 Å². The first-order valence-corrected chi connectivity index (χ1v) is 7.42. The second kappa shape index (κ2) is 4.90. The number of pyridine rings is 2. The average molecular weight is 285 g/mol. The maximum Gasteiger partial charge on any atom is 0.263 e. The molecule has 3 aromatic rings. The topological polar surface area (TPSA) is 72.0 Å². The summed E-state index contributed by atoms with van der Waals surface area (Å²) in [6.45, 7) is 0. The van der Waals surface area contributed by atoms with E-state index in [9.17, 15) is 8.42 Å². The number of hydrogen-bond donors (Lipinski definition) is 1. The van der Waals surface area contributed by atoms with Gasteiger partial charge in [-0.3, -0.25) is 9.71 Å². The molecule has 1 N–H and O–H groups in total. The van der Waals surface area contributed by atoms with Crippen molar-refractivity contribution in [1.82, 2.24) is 9.97 Å². The third-order valence-corrected chi connectivity index (χ3v) is 4.21. The number of hydrogen-bond acceptors (Lipinski definition) is 4. The Bertz CT molecular complexity index is 843. The van der Waals surface area contributed by atoms with E-state index >= 15 is 0 Å². The minimum atomic E-state index is -3.65. The molecule has 0 spiro atoms. The lowest BCUT2D eigenvalue weighted by Crippen LogP contribution is -2.14. The van der Waals surface area contributed by atoms with Gasteiger partial charge in [-0.05, 0) is 29.7 Å². The monoisotopic (exact) mass is 285 g/mol. The molecule has 0 aliphatic heterocycles. The van der Waals surface area contributed by atoms with Crippen LogP contribution in [0.4, 0.5) is 5.82 Å². The van der Waals surface area contributed by atoms with Crippen molar-refractivity contribution < 1.29 is 8.42 Å². The molecule has 0 saturated heterocycles. The van der Waals surface area contributed by atoms with Gasteiger partial charge in [0.15, 0.2) is 0 Å². The molecule has 0 bridgehead atoms. The number of sulfonamides is 1. The zero-order valence-electron chi connectivity index (χ0n) is 10.4. The van der Waals surface area contributed by atoms with Gasteiger partial charge in [0.25, 0.3) is 10.0 Å². The molecule has 0 fully saturated rings. The molecule has 0 unspecified atom stereocenters. The van der Waals surface area contributed by atoms with Gasteiger partial charge >= 0.3 is 0 Å². The fourth-order valence-electron chi connectivity index (χ4n) is 1.88. The minimum absolute atomic E-state index is 0.197. The first-order chi connectivity index (χ1) is 9.67. The molecule has 2 heterocycles. The summed E-state index contributed by atoms with van der Waals surface area (Å²) in [6.07, 6.45) is 4.80. The van der Waals surface area contributed by atoms with E-state index in [2.05, 4.69) is 14.7 Å². The molecule has 0 saturated carbocycles. The van der Waals surface area contributed by atoms with Gasteiger partial charge in [0.1, 0.15) is 5.82 Å². The summed E-state index contributed by atoms with van der Waals surface area (Å²) >= 11 is 0. The van der Waals surface area contributed by atoms with Crippen LogP contribution in [0.3, 0.4) is 0 Å². The average Bonchev–Trinajstić information content (AvgIpc) is 2.48. The Hall–Kier alpha value is -2.47. The number of anilines is 1. The van der Waals surface area contributed by atoms with E-state index in [1.165, 1.54) is 12.1 Å². The highest BCUT2D eigenvalue weighted by Gasteiger charge is 2.15. The molecular formula is C14H11N3O2S. The van der Waals surface area contributed by atoms with Crippen LogP contribution in [0, 0.1) is 0 Å². The van der Waals surface area contributed by atoms with E-state index in [-0.39, 0.29) is 10.7 Å². The van der Waals surface area contributed by atoms with Gasteiger partial charge in [-0.2, -0.15) is 0 Å². The number of aromatic nitrogens is 2. The van der Waals surface area contributed by atoms with Crippen LogP contribution in [0.25, 0.3) is 10.8 Å². The summed E-state index contributed by atoms with van der Waals surface area (Å²) in [5.74, 6) is 0.277. The van der Waals surface area contributed by atoms with Gasteiger partial charge in [0.05, 0.1) is 4.90 Å². The number of nitrogens with zero attached hydrogens (tertiary/aromatic N) is 2. The molecule has 5 nitrogen and oxygen atoms in total. The summed E-state index contributed by atoms with van der Waals surface area (Å²) in [5.41, 5.74) is 0. The van der Waals surface area contributed by atoms with Gasteiger partial charge in [0.2, 0.25) is 0 Å². The van der Waals surface area contributed by atoms with E-state index in [4.69, 9.17) is 0 Å². The summed E-state index contributed by atoms with van der Waals surface area (Å²) < 4.78 is 27.0. The second-order valence-electron chi connectivity index (χ2n) is 4.17. The van der Waals surface area contributed by atoms with Crippen molar-refractivity contribution in [2.75, 3.05) is 4.72 Å². The number of fused-ring (bicyclic) bond motifs is 1. The lowest BCUT2D eigenvalue weighted by atomic mass is 10.2. The largest absolute Gasteiger partial charge is 0.264 e. The molecular weight excluding hydrogens is 274 g/mol. The smallest absolute Gasteiger partial charge is 0.263 e. The Kier molecular flexibility index (Phi) is 3.08. The lowest BCUT2D eigenvalue weighted by molar-refractivity contribution is 0.601. The summed E-state index contributed by atoms with van der Waals surface area (Å²) in [5, 5.41) is 1.54. The van der Waals surface area contributed by atoms with Crippen LogP contribution < -0.4 is 4.72 Å². The van der Waals surface area contributed by atoms with E-state index in [0.717, 1.165) is 5.39 Å². The van der Waals surface area contributed by atoms with Crippen molar-refractivity contribution in [3.63, 3.8) is 0 Å². The predicted octanol–water partition coefficient (Wildman–Crippen LogP) is 2.43. The van der Waals surface area contributed by atoms with Crippen molar-refractivity contribution in [2.45, 2.75) is 4.90 Å². The van der Waals surface area contributed by atoms with Crippen LogP contribution >= 0.6 is 0 Å². The Morgan fingerprint density at radius 3 is 2.50 bits per heavy atom. The van der Waals surface area contributed by atoms with Crippen LogP contribution in [-0.4, -0.2) is 18.4 Å². The van der Waals surface area contributed by atoms with E-state index < -0.39 is 10.0 Å². The lowest BCUT2D eigenvalue weighted by Gasteiger charge is -2.09. The highest BCUT2D eigenvalue weighted by atomic mass is 32.2. The van der Waals surface area contributed by atoms with Gasteiger partial charge in [0, 0.05) is 24.0 Å². The predicted molar refractivity (Wildman–Crippen MR) is 76.8 cm³/mol. The molecule has 0 aliphatic carbocycles. The van der Waals surface area contributed by atoms with Crippen molar-refractivity contribution in [3.05, 3.63) is 61.1 Å². The maximum absolute atomic E-state index is 12.3. The fraction of sp³-hybridized carbons (Fsp3) is 0. The summed E-state index contributed by atoms with van der Waals surface area (Å²) in [4.78, 5) is 8.29. The highest BCUT2D eigenvalue weighted by Crippen LogP contribution is 2.22. The molecule has 0 amide bonds. The SMILES string of the molecule is O=S(=O)(Nc1nccc2ccncc12)c1ccccc1. The first kappa shape index (κ1) is 12.6. The Morgan fingerprint density at radius 2 is 1.70 bits per heavy atom. The van der Waals surface area contributed by atoms with Crippen LogP contribution in [0.5, 0.6) is 0 Å². The molecule has 1 aromatic carbocycles. The number of nitrogens with one attached hydrogen (secondary N) is 1. The molecule has 0 aliphatic rings. The standard InChI is InChI=1S/C14H11N3O2S/c18-20(19,12-4-2-1-3-5-12)17-14-13-10-15-8-6-11(13)7-9-16-14/h1-10H,(H,16,17). The fourth-order valence-corrected chi connectivity index (χ4v) is 2.93. The van der Waals surface area contributed by atoms with Crippen molar-refractivity contribution in [3.8, 4) is 0 Å². The highest BCUT2D eigenvalue weighted by molar-refractivity contribution is 7.92. The van der Waals surface area contributed by atoms with Crippen LogP contribution in [-0.2, 0) is 10.0 Å². The van der Waals surface area contributed by atoms with Crippen molar-refractivity contribution >= 4 is 26.6 Å². The van der Waals surface area contributed by atoms with Crippen molar-refractivity contribution in [1.29, 1.82) is 0 Å². The van der Waals surface area contributed by atoms with Gasteiger partial charge in [-0.1, -0.05) is 18.2 Å². The molecule has 2 aromatic heterocycles. The first-order valence-electron chi connectivity index (χ1n) is 5.93. The maximum atomic E-state index is 12.3. The number of benzene rings is 1. The van der Waals surface area contributed by atoms with Crippen LogP contribution in [0.1, 0.15) is 0 Å². The normalized spacial score (nSPS) is 11.4. The second-order valence-corrected chi connectivity index (χ2v) is 5.86. The Balaban J connectivity index is 2.06. The summed E-state index contributed by atoms with van der Waals surface area (Å²) in [7, 11) is -3.65. The molecule has 100 valence electrons. The number of rotatable bonds is 3. The Morgan fingerprint density at radius 1 is 0.950 bits per heavy atom. The Labute approximate surface area is 116 Å². The van der Waals surface area contributed by atoms with Crippen LogP contribution in [0.2, 0.25) is 0 Å². The quantitative estimate of drug-likeness (QED) is 0.802. The zero-order valence-corrected chi connectivity index (χ0v) is 11.2. The molecule has 0 radical (unpaired) electrons. The van der Waals surface area contributed by atoms with E-state index in [1.807, 2.05) is 0 Å². The van der Waals surface area contributed by atoms with Crippen LogP contribution in [0.15, 0.2) is 66.0 Å². The molecule has 20 heavy (non-hydrogen) atoms.